The fourth-order valence-corrected chi connectivity index (χ4v) is 4.69. The second-order valence-electron chi connectivity index (χ2n) is 6.58. The Morgan fingerprint density at radius 2 is 1.87 bits per heavy atom. The molecule has 0 radical (unpaired) electrons. The molecule has 2 aromatic heterocycles. The van der Waals surface area contributed by atoms with E-state index in [9.17, 15) is 19.7 Å². The Labute approximate surface area is 179 Å². The Hall–Kier alpha value is -3.30. The molecule has 4 rings (SSSR count). The van der Waals surface area contributed by atoms with Crippen molar-refractivity contribution in [1.29, 1.82) is 0 Å². The third-order valence-corrected chi connectivity index (χ3v) is 6.27. The van der Waals surface area contributed by atoms with Crippen molar-refractivity contribution in [3.05, 3.63) is 85.5 Å². The van der Waals surface area contributed by atoms with Gasteiger partial charge in [0.15, 0.2) is 10.9 Å². The number of benzene rings is 2. The van der Waals surface area contributed by atoms with Gasteiger partial charge in [0.2, 0.25) is 0 Å². The summed E-state index contributed by atoms with van der Waals surface area (Å²) in [6, 6.07) is 13.4. The van der Waals surface area contributed by atoms with Crippen molar-refractivity contribution >= 4 is 44.8 Å². The van der Waals surface area contributed by atoms with E-state index in [-0.39, 0.29) is 22.8 Å². The number of H-pyrrole nitrogens is 1. The van der Waals surface area contributed by atoms with E-state index >= 15 is 0 Å². The molecule has 0 aliphatic heterocycles. The highest BCUT2D eigenvalue weighted by Crippen LogP contribution is 2.31. The van der Waals surface area contributed by atoms with Crippen molar-refractivity contribution in [3.8, 4) is 11.1 Å². The van der Waals surface area contributed by atoms with E-state index in [4.69, 9.17) is 0 Å². The number of non-ortho nitro benzene ring substituents is 1. The number of fused-ring (bicyclic) bond motifs is 1. The van der Waals surface area contributed by atoms with E-state index in [1.807, 2.05) is 36.6 Å². The van der Waals surface area contributed by atoms with Gasteiger partial charge in [-0.25, -0.2) is 4.98 Å². The number of carbonyl (C=O) groups is 1. The minimum Gasteiger partial charge on any atom is -0.301 e. The molecule has 9 heteroatoms. The zero-order chi connectivity index (χ0) is 21.3. The smallest absolute Gasteiger partial charge is 0.269 e. The molecule has 0 amide bonds. The van der Waals surface area contributed by atoms with E-state index < -0.39 is 4.92 Å². The summed E-state index contributed by atoms with van der Waals surface area (Å²) in [6.45, 7) is 2.01. The van der Waals surface area contributed by atoms with Crippen LogP contribution in [0.2, 0.25) is 0 Å². The molecule has 0 saturated heterocycles. The monoisotopic (exact) mass is 437 g/mol. The molecule has 0 aliphatic rings. The molecule has 0 spiro atoms. The molecule has 2 aromatic carbocycles. The molecule has 1 N–H and O–H groups in total. The zero-order valence-electron chi connectivity index (χ0n) is 15.7. The van der Waals surface area contributed by atoms with E-state index in [0.717, 1.165) is 28.5 Å². The van der Waals surface area contributed by atoms with Crippen molar-refractivity contribution < 1.29 is 9.72 Å². The summed E-state index contributed by atoms with van der Waals surface area (Å²) in [5.74, 6) is -0.146. The Balaban J connectivity index is 1.54. The number of carbonyl (C=O) groups excluding carboxylic acids is 1. The molecule has 0 aliphatic carbocycles. The number of Topliss-reactive ketones (excluding diaryl/α,β-unsaturated/α-hetero) is 1. The summed E-state index contributed by atoms with van der Waals surface area (Å²) in [5, 5.41) is 13.5. The summed E-state index contributed by atoms with van der Waals surface area (Å²) in [7, 11) is 0. The van der Waals surface area contributed by atoms with Crippen molar-refractivity contribution in [2.24, 2.45) is 0 Å². The largest absolute Gasteiger partial charge is 0.301 e. The molecule has 2 heterocycles. The number of ketones is 1. The number of aryl methyl sites for hydroxylation is 1. The number of aromatic nitrogens is 2. The van der Waals surface area contributed by atoms with E-state index in [1.165, 1.54) is 35.6 Å². The first-order chi connectivity index (χ1) is 14.4. The number of nitrogens with one attached hydrogen (secondary N) is 1. The quantitative estimate of drug-likeness (QED) is 0.152. The lowest BCUT2D eigenvalue weighted by Crippen LogP contribution is -2.10. The number of nitro groups is 1. The summed E-state index contributed by atoms with van der Waals surface area (Å²) in [5.41, 5.74) is 2.98. The van der Waals surface area contributed by atoms with E-state index in [1.54, 1.807) is 0 Å². The maximum Gasteiger partial charge on any atom is 0.269 e. The Kier molecular flexibility index (Phi) is 5.47. The van der Waals surface area contributed by atoms with Crippen molar-refractivity contribution in [2.45, 2.75) is 12.1 Å². The Bertz CT molecular complexity index is 1310. The first-order valence-electron chi connectivity index (χ1n) is 8.91. The minimum atomic E-state index is -0.515. The van der Waals surface area contributed by atoms with Crippen LogP contribution in [0, 0.1) is 17.0 Å². The van der Waals surface area contributed by atoms with Gasteiger partial charge in [0.25, 0.3) is 11.2 Å². The molecule has 7 nitrogen and oxygen atoms in total. The number of nitro benzene ring substituents is 1. The molecule has 0 atom stereocenters. The van der Waals surface area contributed by atoms with Gasteiger partial charge in [0.05, 0.1) is 16.1 Å². The number of aromatic amines is 1. The number of thiophene rings is 1. The number of thioether (sulfide) groups is 1. The maximum atomic E-state index is 12.7. The lowest BCUT2D eigenvalue weighted by atomic mass is 10.1. The van der Waals surface area contributed by atoms with Gasteiger partial charge in [-0.05, 0) is 24.6 Å². The highest BCUT2D eigenvalue weighted by atomic mass is 32.2. The molecule has 0 saturated carbocycles. The molecule has 0 fully saturated rings. The second-order valence-corrected chi connectivity index (χ2v) is 8.40. The van der Waals surface area contributed by atoms with Gasteiger partial charge in [0.1, 0.15) is 4.83 Å². The normalized spacial score (nSPS) is 11.0. The molecule has 4 aromatic rings. The fraction of sp³-hybridized carbons (Fsp3) is 0.0952. The lowest BCUT2D eigenvalue weighted by Gasteiger charge is -2.03. The van der Waals surface area contributed by atoms with Crippen LogP contribution in [0.4, 0.5) is 5.69 Å². The average molecular weight is 438 g/mol. The first-order valence-corrected chi connectivity index (χ1v) is 10.8. The molecular weight excluding hydrogens is 422 g/mol. The first kappa shape index (κ1) is 20.0. The average Bonchev–Trinajstić information content (AvgIpc) is 3.17. The number of rotatable bonds is 6. The Morgan fingerprint density at radius 3 is 2.53 bits per heavy atom. The van der Waals surface area contributed by atoms with Crippen LogP contribution in [0.15, 0.2) is 63.9 Å². The third-order valence-electron chi connectivity index (χ3n) is 4.52. The third kappa shape index (κ3) is 4.03. The summed E-state index contributed by atoms with van der Waals surface area (Å²) >= 11 is 2.51. The summed E-state index contributed by atoms with van der Waals surface area (Å²) in [4.78, 5) is 43.1. The van der Waals surface area contributed by atoms with Gasteiger partial charge in [-0.15, -0.1) is 11.3 Å². The number of hydrogen-bond donors (Lipinski definition) is 1. The van der Waals surface area contributed by atoms with Crippen LogP contribution in [0.1, 0.15) is 15.9 Å². The van der Waals surface area contributed by atoms with Crippen LogP contribution in [0.25, 0.3) is 21.3 Å². The van der Waals surface area contributed by atoms with Crippen LogP contribution in [0.3, 0.4) is 0 Å². The number of nitrogens with zero attached hydrogens (tertiary/aromatic N) is 2. The van der Waals surface area contributed by atoms with Crippen LogP contribution in [-0.4, -0.2) is 26.4 Å². The second kappa shape index (κ2) is 8.21. The Morgan fingerprint density at radius 1 is 1.17 bits per heavy atom. The van der Waals surface area contributed by atoms with Crippen LogP contribution < -0.4 is 5.56 Å². The van der Waals surface area contributed by atoms with Gasteiger partial charge < -0.3 is 4.98 Å². The molecule has 0 bridgehead atoms. The number of hydrogen-bond acceptors (Lipinski definition) is 7. The predicted molar refractivity (Wildman–Crippen MR) is 119 cm³/mol. The van der Waals surface area contributed by atoms with Crippen molar-refractivity contribution in [3.63, 3.8) is 0 Å². The highest BCUT2D eigenvalue weighted by molar-refractivity contribution is 7.99. The van der Waals surface area contributed by atoms with Gasteiger partial charge in [-0.2, -0.15) is 0 Å². The van der Waals surface area contributed by atoms with Crippen LogP contribution in [-0.2, 0) is 0 Å². The van der Waals surface area contributed by atoms with Gasteiger partial charge >= 0.3 is 0 Å². The predicted octanol–water partition coefficient (Wildman–Crippen LogP) is 4.84. The van der Waals surface area contributed by atoms with Crippen LogP contribution in [0.5, 0.6) is 0 Å². The van der Waals surface area contributed by atoms with Gasteiger partial charge in [-0.3, -0.25) is 19.7 Å². The topological polar surface area (TPSA) is 106 Å². The van der Waals surface area contributed by atoms with Gasteiger partial charge in [-0.1, -0.05) is 41.6 Å². The summed E-state index contributed by atoms with van der Waals surface area (Å²) < 4.78 is 0. The molecule has 30 heavy (non-hydrogen) atoms. The van der Waals surface area contributed by atoms with E-state index in [2.05, 4.69) is 9.97 Å². The highest BCUT2D eigenvalue weighted by Gasteiger charge is 2.15. The minimum absolute atomic E-state index is 0.0580. The lowest BCUT2D eigenvalue weighted by molar-refractivity contribution is -0.384. The van der Waals surface area contributed by atoms with Crippen LogP contribution >= 0.6 is 23.1 Å². The van der Waals surface area contributed by atoms with E-state index in [0.29, 0.717) is 20.9 Å². The standard InChI is InChI=1S/C21H15N3O4S2/c1-12-2-4-13(5-3-12)16-10-29-20-18(16)19(26)22-21(23-20)30-11-17(25)14-6-8-15(9-7-14)24(27)28/h2-10H,11H2,1H3,(H,22,23,26). The summed E-state index contributed by atoms with van der Waals surface area (Å²) in [6.07, 6.45) is 0. The van der Waals surface area contributed by atoms with Crippen molar-refractivity contribution in [1.82, 2.24) is 9.97 Å². The molecular formula is C21H15N3O4S2. The zero-order valence-corrected chi connectivity index (χ0v) is 17.4. The maximum absolute atomic E-state index is 12.7. The van der Waals surface area contributed by atoms with Gasteiger partial charge in [0, 0.05) is 28.6 Å². The molecule has 0 unspecified atom stereocenters. The fourth-order valence-electron chi connectivity index (χ4n) is 2.93. The molecule has 150 valence electrons. The van der Waals surface area contributed by atoms with Crippen molar-refractivity contribution in [2.75, 3.05) is 5.75 Å². The SMILES string of the molecule is Cc1ccc(-c2csc3nc(SCC(=O)c4ccc([N+](=O)[O-])cc4)[nH]c(=O)c23)cc1.